The molecular formula is C26H30N4O7S. The van der Waals surface area contributed by atoms with E-state index in [1.165, 1.54) is 23.5 Å². The van der Waals surface area contributed by atoms with Crippen LogP contribution in [0.3, 0.4) is 0 Å². The Morgan fingerprint density at radius 1 is 1.16 bits per heavy atom. The molecule has 0 bridgehead atoms. The molecule has 2 aliphatic rings. The van der Waals surface area contributed by atoms with Gasteiger partial charge in [-0.2, -0.15) is 0 Å². The summed E-state index contributed by atoms with van der Waals surface area (Å²) < 4.78 is 10.6. The van der Waals surface area contributed by atoms with Crippen LogP contribution in [-0.4, -0.2) is 49.2 Å². The quantitative estimate of drug-likeness (QED) is 0.288. The maximum absolute atomic E-state index is 12.9. The number of anilines is 1. The van der Waals surface area contributed by atoms with Crippen LogP contribution in [0.25, 0.3) is 0 Å². The van der Waals surface area contributed by atoms with Gasteiger partial charge in [0.2, 0.25) is 0 Å². The second kappa shape index (κ2) is 11.6. The Hall–Kier alpha value is -3.93. The maximum Gasteiger partial charge on any atom is 0.338 e. The van der Waals surface area contributed by atoms with Crippen molar-refractivity contribution in [3.05, 3.63) is 67.5 Å². The molecule has 3 unspecified atom stereocenters. The Bertz CT molecular complexity index is 1250. The van der Waals surface area contributed by atoms with Crippen molar-refractivity contribution in [3.63, 3.8) is 0 Å². The molecule has 3 atom stereocenters. The summed E-state index contributed by atoms with van der Waals surface area (Å²) in [4.78, 5) is 52.1. The largest absolute Gasteiger partial charge is 0.463 e. The predicted octanol–water partition coefficient (Wildman–Crippen LogP) is 4.17. The minimum atomic E-state index is -0.823. The number of carbonyl (C=O) groups is 3. The molecular weight excluding hydrogens is 512 g/mol. The maximum atomic E-state index is 12.9. The monoisotopic (exact) mass is 542 g/mol. The highest BCUT2D eigenvalue weighted by Crippen LogP contribution is 2.34. The molecule has 0 saturated carbocycles. The van der Waals surface area contributed by atoms with Crippen LogP contribution >= 0.6 is 11.3 Å². The molecule has 1 saturated heterocycles. The number of nitro groups is 1. The smallest absolute Gasteiger partial charge is 0.338 e. The third-order valence-corrected chi connectivity index (χ3v) is 7.38. The summed E-state index contributed by atoms with van der Waals surface area (Å²) in [7, 11) is 0. The van der Waals surface area contributed by atoms with Gasteiger partial charge in [0.15, 0.2) is 0 Å². The zero-order valence-corrected chi connectivity index (χ0v) is 22.2. The number of carbonyl (C=O) groups excluding carboxylic acids is 3. The number of nitrogens with one attached hydrogen (secondary N) is 2. The van der Waals surface area contributed by atoms with Gasteiger partial charge in [-0.05, 0) is 48.8 Å². The SMILES string of the molecule is CCOC(=O)C1=C(COC(=O)c2ccc(N3CC(C)CC(C)C3)c([N+](=O)[O-])c2)NC(=O)NC1c1cccs1. The van der Waals surface area contributed by atoms with Gasteiger partial charge in [0.1, 0.15) is 12.3 Å². The Kier molecular flexibility index (Phi) is 8.30. The Labute approximate surface area is 223 Å². The van der Waals surface area contributed by atoms with E-state index in [1.807, 2.05) is 10.3 Å². The summed E-state index contributed by atoms with van der Waals surface area (Å²) >= 11 is 1.35. The molecule has 1 aromatic carbocycles. The topological polar surface area (TPSA) is 140 Å². The standard InChI is InChI=1S/C26H30N4O7S/c1-4-36-25(32)22-18(27-26(33)28-23(22)21-6-5-9-38-21)14-37-24(31)17-7-8-19(20(11-17)30(34)35)29-12-15(2)10-16(3)13-29/h5-9,11,15-16,23H,4,10,12-14H2,1-3H3,(H2,27,28,33). The molecule has 2 aliphatic heterocycles. The van der Waals surface area contributed by atoms with Gasteiger partial charge in [0, 0.05) is 24.0 Å². The van der Waals surface area contributed by atoms with Crippen LogP contribution in [0, 0.1) is 22.0 Å². The zero-order chi connectivity index (χ0) is 27.4. The highest BCUT2D eigenvalue weighted by atomic mass is 32.1. The number of ether oxygens (including phenoxy) is 2. The van der Waals surface area contributed by atoms with Crippen LogP contribution < -0.4 is 15.5 Å². The second-order valence-corrected chi connectivity index (χ2v) is 10.5. The highest BCUT2D eigenvalue weighted by Gasteiger charge is 2.35. The molecule has 38 heavy (non-hydrogen) atoms. The number of piperidine rings is 1. The third-order valence-electron chi connectivity index (χ3n) is 6.44. The Morgan fingerprint density at radius 3 is 2.53 bits per heavy atom. The molecule has 0 aliphatic carbocycles. The molecule has 12 heteroatoms. The summed E-state index contributed by atoms with van der Waals surface area (Å²) in [6.07, 6.45) is 1.05. The van der Waals surface area contributed by atoms with Gasteiger partial charge in [-0.3, -0.25) is 10.1 Å². The van der Waals surface area contributed by atoms with Crippen molar-refractivity contribution < 1.29 is 28.8 Å². The highest BCUT2D eigenvalue weighted by molar-refractivity contribution is 7.10. The van der Waals surface area contributed by atoms with E-state index < -0.39 is 35.5 Å². The minimum Gasteiger partial charge on any atom is -0.463 e. The summed E-state index contributed by atoms with van der Waals surface area (Å²) in [5, 5.41) is 18.9. The lowest BCUT2D eigenvalue weighted by molar-refractivity contribution is -0.384. The van der Waals surface area contributed by atoms with Gasteiger partial charge in [-0.15, -0.1) is 11.3 Å². The van der Waals surface area contributed by atoms with E-state index >= 15 is 0 Å². The van der Waals surface area contributed by atoms with Crippen molar-refractivity contribution in [2.45, 2.75) is 33.2 Å². The fourth-order valence-electron chi connectivity index (χ4n) is 5.00. The molecule has 2 amide bonds. The van der Waals surface area contributed by atoms with Crippen LogP contribution in [0.5, 0.6) is 0 Å². The predicted molar refractivity (Wildman–Crippen MR) is 141 cm³/mol. The van der Waals surface area contributed by atoms with Crippen molar-refractivity contribution in [2.24, 2.45) is 11.8 Å². The molecule has 1 fully saturated rings. The number of hydrogen-bond acceptors (Lipinski definition) is 9. The van der Waals surface area contributed by atoms with Gasteiger partial charge in [0.25, 0.3) is 5.69 Å². The average molecular weight is 543 g/mol. The number of rotatable bonds is 8. The molecule has 4 rings (SSSR count). The first-order chi connectivity index (χ1) is 18.2. The van der Waals surface area contributed by atoms with Crippen molar-refractivity contribution >= 4 is 40.7 Å². The molecule has 202 valence electrons. The minimum absolute atomic E-state index is 0.00749. The van der Waals surface area contributed by atoms with Crippen LogP contribution in [0.4, 0.5) is 16.2 Å². The van der Waals surface area contributed by atoms with E-state index in [2.05, 4.69) is 24.5 Å². The fraction of sp³-hybridized carbons (Fsp3) is 0.423. The summed E-state index contributed by atoms with van der Waals surface area (Å²) in [6.45, 7) is 6.96. The van der Waals surface area contributed by atoms with Gasteiger partial charge in [0.05, 0.1) is 34.4 Å². The molecule has 3 heterocycles. The number of nitro benzene ring substituents is 1. The van der Waals surface area contributed by atoms with E-state index in [-0.39, 0.29) is 29.1 Å². The number of amides is 2. The van der Waals surface area contributed by atoms with E-state index in [1.54, 1.807) is 25.1 Å². The van der Waals surface area contributed by atoms with Crippen LogP contribution in [0.2, 0.25) is 0 Å². The first kappa shape index (κ1) is 27.1. The third kappa shape index (κ3) is 5.96. The molecule has 1 aromatic heterocycles. The lowest BCUT2D eigenvalue weighted by Gasteiger charge is -2.36. The first-order valence-corrected chi connectivity index (χ1v) is 13.3. The second-order valence-electron chi connectivity index (χ2n) is 9.55. The number of nitrogens with zero attached hydrogens (tertiary/aromatic N) is 2. The van der Waals surface area contributed by atoms with Crippen molar-refractivity contribution in [1.82, 2.24) is 10.6 Å². The Balaban J connectivity index is 1.58. The molecule has 2 N–H and O–H groups in total. The molecule has 11 nitrogen and oxygen atoms in total. The average Bonchev–Trinajstić information content (AvgIpc) is 3.41. The Morgan fingerprint density at radius 2 is 1.89 bits per heavy atom. The van der Waals surface area contributed by atoms with Crippen LogP contribution in [-0.2, 0) is 14.3 Å². The summed E-state index contributed by atoms with van der Waals surface area (Å²) in [5.74, 6) is -0.697. The number of hydrogen-bond donors (Lipinski definition) is 2. The number of urea groups is 1. The first-order valence-electron chi connectivity index (χ1n) is 12.4. The van der Waals surface area contributed by atoms with Crippen molar-refractivity contribution in [3.8, 4) is 0 Å². The molecule has 0 spiro atoms. The lowest BCUT2D eigenvalue weighted by Crippen LogP contribution is -2.46. The van der Waals surface area contributed by atoms with E-state index in [9.17, 15) is 24.5 Å². The van der Waals surface area contributed by atoms with Gasteiger partial charge >= 0.3 is 18.0 Å². The van der Waals surface area contributed by atoms with Crippen LogP contribution in [0.15, 0.2) is 47.0 Å². The van der Waals surface area contributed by atoms with Gasteiger partial charge < -0.3 is 25.0 Å². The number of thiophene rings is 1. The van der Waals surface area contributed by atoms with Crippen molar-refractivity contribution in [1.29, 1.82) is 0 Å². The summed E-state index contributed by atoms with van der Waals surface area (Å²) in [5.41, 5.74) is 0.478. The van der Waals surface area contributed by atoms with E-state index in [4.69, 9.17) is 9.47 Å². The zero-order valence-electron chi connectivity index (χ0n) is 21.4. The van der Waals surface area contributed by atoms with E-state index in [0.29, 0.717) is 35.5 Å². The summed E-state index contributed by atoms with van der Waals surface area (Å²) in [6, 6.07) is 6.50. The normalized spacial score (nSPS) is 21.4. The number of benzene rings is 1. The number of esters is 2. The van der Waals surface area contributed by atoms with Crippen LogP contribution in [0.1, 0.15) is 48.5 Å². The van der Waals surface area contributed by atoms with Gasteiger partial charge in [-0.1, -0.05) is 19.9 Å². The fourth-order valence-corrected chi connectivity index (χ4v) is 5.78. The lowest BCUT2D eigenvalue weighted by atomic mass is 9.91. The van der Waals surface area contributed by atoms with Gasteiger partial charge in [-0.25, -0.2) is 14.4 Å². The molecule has 2 aromatic rings. The molecule has 0 radical (unpaired) electrons. The van der Waals surface area contributed by atoms with Crippen molar-refractivity contribution in [2.75, 3.05) is 31.2 Å². The van der Waals surface area contributed by atoms with E-state index in [0.717, 1.165) is 6.42 Å².